The van der Waals surface area contributed by atoms with Gasteiger partial charge in [0.05, 0.1) is 21.6 Å². The first-order chi connectivity index (χ1) is 13.8. The number of carbonyl (C=O) groups is 1. The molecule has 1 amide bonds. The van der Waals surface area contributed by atoms with E-state index in [9.17, 15) is 13.2 Å². The van der Waals surface area contributed by atoms with Gasteiger partial charge in [-0.15, -0.1) is 0 Å². The number of benzene rings is 1. The van der Waals surface area contributed by atoms with E-state index in [2.05, 4.69) is 10.3 Å². The highest BCUT2D eigenvalue weighted by molar-refractivity contribution is 7.89. The van der Waals surface area contributed by atoms with Crippen LogP contribution in [0.5, 0.6) is 5.88 Å². The molecule has 0 bridgehead atoms. The minimum atomic E-state index is -3.62. The number of pyridine rings is 1. The fourth-order valence-corrected chi connectivity index (χ4v) is 4.77. The van der Waals surface area contributed by atoms with Crippen LogP contribution in [0.4, 0.5) is 0 Å². The lowest BCUT2D eigenvalue weighted by Crippen LogP contribution is -2.28. The molecular formula is C20H24ClN3O4S. The van der Waals surface area contributed by atoms with Gasteiger partial charge in [-0.05, 0) is 50.5 Å². The van der Waals surface area contributed by atoms with E-state index < -0.39 is 15.9 Å². The lowest BCUT2D eigenvalue weighted by molar-refractivity contribution is 0.0951. The van der Waals surface area contributed by atoms with Crippen LogP contribution in [-0.2, 0) is 16.6 Å². The zero-order valence-corrected chi connectivity index (χ0v) is 18.0. The van der Waals surface area contributed by atoms with Gasteiger partial charge in [0, 0.05) is 31.9 Å². The second-order valence-corrected chi connectivity index (χ2v) is 9.45. The fourth-order valence-electron chi connectivity index (χ4n) is 3.02. The molecule has 7 nitrogen and oxygen atoms in total. The summed E-state index contributed by atoms with van der Waals surface area (Å²) < 4.78 is 32.4. The molecule has 1 aromatic heterocycles. The lowest BCUT2D eigenvalue weighted by atomic mass is 10.2. The Bertz CT molecular complexity index is 972. The number of sulfonamides is 1. The van der Waals surface area contributed by atoms with Crippen molar-refractivity contribution < 1.29 is 17.9 Å². The Morgan fingerprint density at radius 3 is 2.59 bits per heavy atom. The SMILES string of the molecule is CC(C)Oc1ccc(CNC(=O)c2cc(S(=O)(=O)N3CCCC3)ccc2Cl)cn1. The number of nitrogens with zero attached hydrogens (tertiary/aromatic N) is 2. The Hall–Kier alpha value is -2.16. The van der Waals surface area contributed by atoms with Crippen molar-refractivity contribution in [3.63, 3.8) is 0 Å². The van der Waals surface area contributed by atoms with Crippen molar-refractivity contribution in [3.05, 3.63) is 52.7 Å². The van der Waals surface area contributed by atoms with Gasteiger partial charge in [-0.2, -0.15) is 4.31 Å². The van der Waals surface area contributed by atoms with Crippen LogP contribution in [0.3, 0.4) is 0 Å². The first-order valence-electron chi connectivity index (χ1n) is 9.47. The number of carbonyl (C=O) groups excluding carboxylic acids is 1. The number of amides is 1. The minimum absolute atomic E-state index is 0.0271. The van der Waals surface area contributed by atoms with Gasteiger partial charge in [-0.25, -0.2) is 13.4 Å². The number of hydrogen-bond donors (Lipinski definition) is 1. The summed E-state index contributed by atoms with van der Waals surface area (Å²) >= 11 is 6.15. The molecule has 3 rings (SSSR count). The number of ether oxygens (including phenoxy) is 1. The van der Waals surface area contributed by atoms with E-state index in [4.69, 9.17) is 16.3 Å². The number of halogens is 1. The highest BCUT2D eigenvalue weighted by Gasteiger charge is 2.28. The van der Waals surface area contributed by atoms with Gasteiger partial charge >= 0.3 is 0 Å². The molecule has 1 fully saturated rings. The monoisotopic (exact) mass is 437 g/mol. The molecule has 2 heterocycles. The van der Waals surface area contributed by atoms with Crippen molar-refractivity contribution in [1.29, 1.82) is 0 Å². The van der Waals surface area contributed by atoms with Crippen molar-refractivity contribution in [3.8, 4) is 5.88 Å². The average molecular weight is 438 g/mol. The molecule has 0 spiro atoms. The molecule has 9 heteroatoms. The van der Waals surface area contributed by atoms with Gasteiger partial charge in [0.15, 0.2) is 0 Å². The Labute approximate surface area is 176 Å². The molecule has 29 heavy (non-hydrogen) atoms. The van der Waals surface area contributed by atoms with Crippen LogP contribution in [0.2, 0.25) is 5.02 Å². The van der Waals surface area contributed by atoms with Crippen LogP contribution >= 0.6 is 11.6 Å². The van der Waals surface area contributed by atoms with Crippen molar-refractivity contribution in [2.75, 3.05) is 13.1 Å². The second kappa shape index (κ2) is 9.11. The van der Waals surface area contributed by atoms with E-state index in [0.717, 1.165) is 18.4 Å². The molecule has 156 valence electrons. The Kier molecular flexibility index (Phi) is 6.77. The zero-order chi connectivity index (χ0) is 21.0. The smallest absolute Gasteiger partial charge is 0.253 e. The van der Waals surface area contributed by atoms with E-state index in [1.165, 1.54) is 22.5 Å². The Balaban J connectivity index is 1.70. The Morgan fingerprint density at radius 1 is 1.24 bits per heavy atom. The lowest BCUT2D eigenvalue weighted by Gasteiger charge is -2.16. The van der Waals surface area contributed by atoms with Gasteiger partial charge in [-0.3, -0.25) is 4.79 Å². The normalized spacial score (nSPS) is 14.9. The van der Waals surface area contributed by atoms with Gasteiger partial charge in [0.25, 0.3) is 5.91 Å². The molecule has 0 saturated carbocycles. The predicted octanol–water partition coefficient (Wildman–Crippen LogP) is 3.24. The topological polar surface area (TPSA) is 88.6 Å². The minimum Gasteiger partial charge on any atom is -0.475 e. The van der Waals surface area contributed by atoms with E-state index in [-0.39, 0.29) is 28.1 Å². The number of hydrogen-bond acceptors (Lipinski definition) is 5. The van der Waals surface area contributed by atoms with Crippen LogP contribution in [-0.4, -0.2) is 42.8 Å². The summed E-state index contributed by atoms with van der Waals surface area (Å²) in [5.41, 5.74) is 0.908. The summed E-state index contributed by atoms with van der Waals surface area (Å²) in [7, 11) is -3.62. The third-order valence-electron chi connectivity index (χ3n) is 4.49. The molecule has 0 aliphatic carbocycles. The van der Waals surface area contributed by atoms with Gasteiger partial charge in [-0.1, -0.05) is 17.7 Å². The van der Waals surface area contributed by atoms with Gasteiger partial charge in [0.1, 0.15) is 0 Å². The third kappa shape index (κ3) is 5.26. The van der Waals surface area contributed by atoms with Crippen molar-refractivity contribution in [2.45, 2.75) is 44.2 Å². The average Bonchev–Trinajstić information content (AvgIpc) is 3.22. The fraction of sp³-hybridized carbons (Fsp3) is 0.400. The summed E-state index contributed by atoms with van der Waals surface area (Å²) in [6, 6.07) is 7.75. The van der Waals surface area contributed by atoms with Crippen LogP contribution in [0.25, 0.3) is 0 Å². The number of rotatable bonds is 7. The summed E-state index contributed by atoms with van der Waals surface area (Å²) in [5, 5.41) is 2.95. The van der Waals surface area contributed by atoms with E-state index in [1.54, 1.807) is 18.3 Å². The summed E-state index contributed by atoms with van der Waals surface area (Å²) in [5.74, 6) is 0.0638. The molecule has 0 atom stereocenters. The van der Waals surface area contributed by atoms with Crippen LogP contribution in [0, 0.1) is 0 Å². The Morgan fingerprint density at radius 2 is 1.97 bits per heavy atom. The maximum absolute atomic E-state index is 12.7. The number of aromatic nitrogens is 1. The highest BCUT2D eigenvalue weighted by atomic mass is 35.5. The molecular weight excluding hydrogens is 414 g/mol. The molecule has 0 radical (unpaired) electrons. The predicted molar refractivity (Wildman–Crippen MR) is 111 cm³/mol. The maximum atomic E-state index is 12.7. The van der Waals surface area contributed by atoms with Crippen LogP contribution in [0.1, 0.15) is 42.6 Å². The standard InChI is InChI=1S/C20H24ClN3O4S/c1-14(2)28-19-8-5-15(12-22-19)13-23-20(25)17-11-16(6-7-18(17)21)29(26,27)24-9-3-4-10-24/h5-8,11-12,14H,3-4,9-10,13H2,1-2H3,(H,23,25). The summed E-state index contributed by atoms with van der Waals surface area (Å²) in [6.07, 6.45) is 3.33. The molecule has 1 aliphatic heterocycles. The first kappa shape index (κ1) is 21.5. The van der Waals surface area contributed by atoms with Gasteiger partial charge in [0.2, 0.25) is 15.9 Å². The molecule has 1 saturated heterocycles. The molecule has 2 aromatic rings. The largest absolute Gasteiger partial charge is 0.475 e. The van der Waals surface area contributed by atoms with Crippen molar-refractivity contribution >= 4 is 27.5 Å². The van der Waals surface area contributed by atoms with E-state index in [1.807, 2.05) is 13.8 Å². The summed E-state index contributed by atoms with van der Waals surface area (Å²) in [6.45, 7) is 5.05. The van der Waals surface area contributed by atoms with Crippen molar-refractivity contribution in [2.24, 2.45) is 0 Å². The molecule has 1 N–H and O–H groups in total. The first-order valence-corrected chi connectivity index (χ1v) is 11.3. The second-order valence-electron chi connectivity index (χ2n) is 7.11. The van der Waals surface area contributed by atoms with Crippen LogP contribution < -0.4 is 10.1 Å². The van der Waals surface area contributed by atoms with Crippen molar-refractivity contribution in [1.82, 2.24) is 14.6 Å². The quantitative estimate of drug-likeness (QED) is 0.718. The molecule has 1 aliphatic rings. The van der Waals surface area contributed by atoms with E-state index in [0.29, 0.717) is 19.0 Å². The molecule has 1 aromatic carbocycles. The molecule has 0 unspecified atom stereocenters. The van der Waals surface area contributed by atoms with E-state index >= 15 is 0 Å². The highest BCUT2D eigenvalue weighted by Crippen LogP contribution is 2.25. The van der Waals surface area contributed by atoms with Gasteiger partial charge < -0.3 is 10.1 Å². The van der Waals surface area contributed by atoms with Crippen LogP contribution in [0.15, 0.2) is 41.4 Å². The zero-order valence-electron chi connectivity index (χ0n) is 16.4. The summed E-state index contributed by atoms with van der Waals surface area (Å²) in [4.78, 5) is 16.9. The maximum Gasteiger partial charge on any atom is 0.253 e. The number of nitrogens with one attached hydrogen (secondary N) is 1. The third-order valence-corrected chi connectivity index (χ3v) is 6.72.